The van der Waals surface area contributed by atoms with Gasteiger partial charge in [0.15, 0.2) is 5.25 Å². The van der Waals surface area contributed by atoms with Crippen LogP contribution < -0.4 is 10.6 Å². The van der Waals surface area contributed by atoms with E-state index >= 15 is 0 Å². The minimum atomic E-state index is -0.776. The molecule has 29 heavy (non-hydrogen) atoms. The van der Waals surface area contributed by atoms with Crippen molar-refractivity contribution < 1.29 is 14.4 Å². The van der Waals surface area contributed by atoms with Crippen molar-refractivity contribution in [1.29, 1.82) is 0 Å². The molecule has 150 valence electrons. The number of rotatable bonds is 3. The first-order chi connectivity index (χ1) is 14.0. The van der Waals surface area contributed by atoms with Crippen LogP contribution >= 0.6 is 11.8 Å². The molecule has 1 atom stereocenters. The largest absolute Gasteiger partial charge is 0.341 e. The molecule has 3 amide bonds. The summed E-state index contributed by atoms with van der Waals surface area (Å²) in [6, 6.07) is 15.2. The fraction of sp³-hybridized carbons (Fsp3) is 0.318. The number of hydrogen-bond donors (Lipinski definition) is 2. The van der Waals surface area contributed by atoms with Crippen LogP contribution in [0, 0.1) is 12.8 Å². The molecule has 6 nitrogen and oxygen atoms in total. The zero-order valence-corrected chi connectivity index (χ0v) is 17.0. The van der Waals surface area contributed by atoms with Gasteiger partial charge >= 0.3 is 0 Å². The van der Waals surface area contributed by atoms with Crippen LogP contribution in [0.5, 0.6) is 0 Å². The smallest absolute Gasteiger partial charge is 0.247 e. The van der Waals surface area contributed by atoms with Crippen LogP contribution in [0.15, 0.2) is 53.4 Å². The number of piperidine rings is 1. The summed E-state index contributed by atoms with van der Waals surface area (Å²) in [5.41, 5.74) is 2.59. The van der Waals surface area contributed by atoms with E-state index in [0.29, 0.717) is 25.9 Å². The van der Waals surface area contributed by atoms with Crippen molar-refractivity contribution >= 4 is 40.9 Å². The van der Waals surface area contributed by atoms with Gasteiger partial charge in [0.2, 0.25) is 17.7 Å². The van der Waals surface area contributed by atoms with E-state index in [9.17, 15) is 14.4 Å². The third kappa shape index (κ3) is 4.15. The number of amides is 3. The molecule has 2 heterocycles. The van der Waals surface area contributed by atoms with Crippen LogP contribution in [-0.4, -0.2) is 41.0 Å². The Morgan fingerprint density at radius 2 is 1.76 bits per heavy atom. The van der Waals surface area contributed by atoms with Gasteiger partial charge in [-0.15, -0.1) is 11.8 Å². The highest BCUT2D eigenvalue weighted by molar-refractivity contribution is 8.01. The summed E-state index contributed by atoms with van der Waals surface area (Å²) < 4.78 is 0. The Bertz CT molecular complexity index is 954. The van der Waals surface area contributed by atoms with E-state index in [1.54, 1.807) is 4.90 Å². The number of para-hydroxylation sites is 2. The number of anilines is 2. The molecule has 2 aliphatic rings. The number of nitrogens with one attached hydrogen (secondary N) is 2. The highest BCUT2D eigenvalue weighted by Gasteiger charge is 2.37. The van der Waals surface area contributed by atoms with Crippen LogP contribution in [0.3, 0.4) is 0 Å². The summed E-state index contributed by atoms with van der Waals surface area (Å²) in [5, 5.41) is 5.04. The highest BCUT2D eigenvalue weighted by atomic mass is 32.2. The molecule has 0 bridgehead atoms. The van der Waals surface area contributed by atoms with Gasteiger partial charge in [-0.25, -0.2) is 0 Å². The van der Waals surface area contributed by atoms with Gasteiger partial charge < -0.3 is 15.5 Å². The number of thioether (sulfide) groups is 1. The lowest BCUT2D eigenvalue weighted by Crippen LogP contribution is -2.48. The molecule has 7 heteroatoms. The number of nitrogens with zero attached hydrogens (tertiary/aromatic N) is 1. The van der Waals surface area contributed by atoms with Crippen molar-refractivity contribution in [3.05, 3.63) is 54.1 Å². The van der Waals surface area contributed by atoms with Crippen molar-refractivity contribution in [3.63, 3.8) is 0 Å². The lowest BCUT2D eigenvalue weighted by atomic mass is 9.95. The number of likely N-dealkylation sites (tertiary alicyclic amines) is 1. The van der Waals surface area contributed by atoms with Gasteiger partial charge in [-0.05, 0) is 43.5 Å². The molecule has 0 aromatic heterocycles. The Kier molecular flexibility index (Phi) is 5.58. The summed E-state index contributed by atoms with van der Waals surface area (Å²) in [6.07, 6.45) is 1.19. The summed E-state index contributed by atoms with van der Waals surface area (Å²) in [6.45, 7) is 2.93. The fourth-order valence-electron chi connectivity index (χ4n) is 3.69. The SMILES string of the molecule is Cc1ccccc1NC(=O)C1CCN(C(=O)[C@H]2Sc3ccccc3NC2=O)CC1. The fourth-order valence-corrected chi connectivity index (χ4v) is 4.76. The third-order valence-electron chi connectivity index (χ3n) is 5.43. The summed E-state index contributed by atoms with van der Waals surface area (Å²) in [7, 11) is 0. The molecule has 2 aromatic rings. The van der Waals surface area contributed by atoms with Crippen LogP contribution in [0.25, 0.3) is 0 Å². The maximum atomic E-state index is 12.9. The van der Waals surface area contributed by atoms with Gasteiger partial charge in [-0.2, -0.15) is 0 Å². The molecule has 2 N–H and O–H groups in total. The second-order valence-corrected chi connectivity index (χ2v) is 8.53. The Morgan fingerprint density at radius 3 is 2.52 bits per heavy atom. The average molecular weight is 410 g/mol. The number of carbonyl (C=O) groups is 3. The normalized spacial score (nSPS) is 19.3. The molecule has 0 aliphatic carbocycles. The Labute approximate surface area is 174 Å². The summed E-state index contributed by atoms with van der Waals surface area (Å²) in [5.74, 6) is -0.602. The molecule has 0 unspecified atom stereocenters. The van der Waals surface area contributed by atoms with E-state index in [-0.39, 0.29) is 23.6 Å². The van der Waals surface area contributed by atoms with Gasteiger partial charge in [0.1, 0.15) is 0 Å². The molecule has 4 rings (SSSR count). The van der Waals surface area contributed by atoms with E-state index in [2.05, 4.69) is 10.6 Å². The van der Waals surface area contributed by atoms with Crippen LogP contribution in [0.2, 0.25) is 0 Å². The number of benzene rings is 2. The maximum Gasteiger partial charge on any atom is 0.247 e. The second-order valence-electron chi connectivity index (χ2n) is 7.39. The van der Waals surface area contributed by atoms with E-state index in [1.165, 1.54) is 11.8 Å². The van der Waals surface area contributed by atoms with Gasteiger partial charge in [0.05, 0.1) is 5.69 Å². The monoisotopic (exact) mass is 409 g/mol. The van der Waals surface area contributed by atoms with Crippen molar-refractivity contribution in [2.75, 3.05) is 23.7 Å². The number of fused-ring (bicyclic) bond motifs is 1. The standard InChI is InChI=1S/C22H23N3O3S/c1-14-6-2-3-7-16(14)23-20(26)15-10-12-25(13-11-15)22(28)19-21(27)24-17-8-4-5-9-18(17)29-19/h2-9,15,19H,10-13H2,1H3,(H,23,26)(H,24,27)/t19-/m0/s1. The van der Waals surface area contributed by atoms with Crippen LogP contribution in [0.4, 0.5) is 11.4 Å². The second kappa shape index (κ2) is 8.29. The molecule has 2 aromatic carbocycles. The molecular formula is C22H23N3O3S. The van der Waals surface area contributed by atoms with E-state index in [1.807, 2.05) is 55.5 Å². The number of hydrogen-bond acceptors (Lipinski definition) is 4. The maximum absolute atomic E-state index is 12.9. The van der Waals surface area contributed by atoms with Gasteiger partial charge in [-0.1, -0.05) is 30.3 Å². The Balaban J connectivity index is 1.35. The minimum absolute atomic E-state index is 0.00916. The predicted octanol–water partition coefficient (Wildman–Crippen LogP) is 3.29. The lowest BCUT2D eigenvalue weighted by molar-refractivity contribution is -0.136. The molecule has 0 saturated carbocycles. The number of aryl methyl sites for hydroxylation is 1. The van der Waals surface area contributed by atoms with Crippen molar-refractivity contribution in [3.8, 4) is 0 Å². The molecule has 0 spiro atoms. The van der Waals surface area contributed by atoms with Crippen LogP contribution in [-0.2, 0) is 14.4 Å². The first-order valence-electron chi connectivity index (χ1n) is 9.75. The highest BCUT2D eigenvalue weighted by Crippen LogP contribution is 2.36. The van der Waals surface area contributed by atoms with Gasteiger partial charge in [0.25, 0.3) is 0 Å². The lowest BCUT2D eigenvalue weighted by Gasteiger charge is -2.34. The van der Waals surface area contributed by atoms with Crippen LogP contribution in [0.1, 0.15) is 18.4 Å². The Hall–Kier alpha value is -2.80. The van der Waals surface area contributed by atoms with Gasteiger partial charge in [0, 0.05) is 29.6 Å². The average Bonchev–Trinajstić information content (AvgIpc) is 2.74. The zero-order valence-electron chi connectivity index (χ0n) is 16.2. The first-order valence-corrected chi connectivity index (χ1v) is 10.6. The van der Waals surface area contributed by atoms with Gasteiger partial charge in [-0.3, -0.25) is 14.4 Å². The molecular weight excluding hydrogens is 386 g/mol. The topological polar surface area (TPSA) is 78.5 Å². The Morgan fingerprint density at radius 1 is 1.07 bits per heavy atom. The van der Waals surface area contributed by atoms with Crippen molar-refractivity contribution in [2.24, 2.45) is 5.92 Å². The van der Waals surface area contributed by atoms with Crippen molar-refractivity contribution in [2.45, 2.75) is 29.9 Å². The molecule has 1 fully saturated rings. The minimum Gasteiger partial charge on any atom is -0.341 e. The van der Waals surface area contributed by atoms with E-state index in [4.69, 9.17) is 0 Å². The first kappa shape index (κ1) is 19.5. The molecule has 2 aliphatic heterocycles. The summed E-state index contributed by atoms with van der Waals surface area (Å²) >= 11 is 1.29. The van der Waals surface area contributed by atoms with E-state index < -0.39 is 5.25 Å². The quantitative estimate of drug-likeness (QED) is 0.763. The number of carbonyl (C=O) groups excluding carboxylic acids is 3. The van der Waals surface area contributed by atoms with Crippen molar-refractivity contribution in [1.82, 2.24) is 4.90 Å². The predicted molar refractivity (Wildman–Crippen MR) is 114 cm³/mol. The van der Waals surface area contributed by atoms with E-state index in [0.717, 1.165) is 21.8 Å². The molecule has 0 radical (unpaired) electrons. The third-order valence-corrected chi connectivity index (χ3v) is 6.69. The zero-order chi connectivity index (χ0) is 20.4. The molecule has 1 saturated heterocycles. The summed E-state index contributed by atoms with van der Waals surface area (Å²) in [4.78, 5) is 40.6.